The second kappa shape index (κ2) is 6.24. The number of hydrogen-bond acceptors (Lipinski definition) is 4. The van der Waals surface area contributed by atoms with E-state index < -0.39 is 11.6 Å². The van der Waals surface area contributed by atoms with Crippen molar-refractivity contribution >= 4 is 11.9 Å². The van der Waals surface area contributed by atoms with Crippen molar-refractivity contribution in [1.29, 1.82) is 0 Å². The maximum atomic E-state index is 12.5. The Balaban J connectivity index is 1.94. The van der Waals surface area contributed by atoms with Crippen LogP contribution in [0, 0.1) is 0 Å². The van der Waals surface area contributed by atoms with Crippen LogP contribution >= 0.6 is 0 Å². The fourth-order valence-electron chi connectivity index (χ4n) is 2.53. The summed E-state index contributed by atoms with van der Waals surface area (Å²) in [6.07, 6.45) is 0. The van der Waals surface area contributed by atoms with Crippen molar-refractivity contribution in [1.82, 2.24) is 4.90 Å². The number of rotatable bonds is 6. The Kier molecular flexibility index (Phi) is 4.59. The minimum atomic E-state index is -1.01. The van der Waals surface area contributed by atoms with Crippen molar-refractivity contribution in [2.45, 2.75) is 18.4 Å². The average Bonchev–Trinajstić information content (AvgIpc) is 2.44. The molecule has 1 aliphatic heterocycles. The number of carboxylic acid groups (broad SMARTS) is 1. The van der Waals surface area contributed by atoms with Crippen molar-refractivity contribution in [3.8, 4) is 0 Å². The van der Waals surface area contributed by atoms with Crippen LogP contribution in [0.2, 0.25) is 0 Å². The summed E-state index contributed by atoms with van der Waals surface area (Å²) in [6.45, 7) is 2.48. The smallest absolute Gasteiger partial charge is 0.329 e. The lowest BCUT2D eigenvalue weighted by Crippen LogP contribution is -2.64. The van der Waals surface area contributed by atoms with Crippen LogP contribution in [0.5, 0.6) is 0 Å². The lowest BCUT2D eigenvalue weighted by Gasteiger charge is -2.48. The molecule has 1 aromatic rings. The highest BCUT2D eigenvalue weighted by molar-refractivity contribution is 5.85. The van der Waals surface area contributed by atoms with E-state index in [1.54, 1.807) is 11.8 Å². The number of amides is 1. The topological polar surface area (TPSA) is 92.9 Å². The van der Waals surface area contributed by atoms with E-state index in [9.17, 15) is 9.59 Å². The van der Waals surface area contributed by atoms with Crippen molar-refractivity contribution in [3.05, 3.63) is 35.9 Å². The zero-order valence-electron chi connectivity index (χ0n) is 12.0. The number of carboxylic acids is 1. The van der Waals surface area contributed by atoms with Gasteiger partial charge in [-0.25, -0.2) is 4.79 Å². The summed E-state index contributed by atoms with van der Waals surface area (Å²) in [5.74, 6) is -1.42. The molecule has 0 aliphatic carbocycles. The normalized spacial score (nSPS) is 17.9. The first-order chi connectivity index (χ1) is 9.95. The maximum Gasteiger partial charge on any atom is 0.329 e. The Labute approximate surface area is 123 Å². The fraction of sp³-hybridized carbons (Fsp3) is 0.467. The van der Waals surface area contributed by atoms with Gasteiger partial charge >= 0.3 is 5.97 Å². The molecule has 1 fully saturated rings. The molecule has 0 aromatic heterocycles. The van der Waals surface area contributed by atoms with Gasteiger partial charge in [0.2, 0.25) is 5.91 Å². The molecule has 2 rings (SSSR count). The van der Waals surface area contributed by atoms with Gasteiger partial charge in [0.1, 0.15) is 12.2 Å². The molecule has 0 saturated carbocycles. The van der Waals surface area contributed by atoms with Crippen molar-refractivity contribution in [3.63, 3.8) is 0 Å². The van der Waals surface area contributed by atoms with E-state index in [1.807, 2.05) is 30.3 Å². The molecule has 1 heterocycles. The third-order valence-electron chi connectivity index (χ3n) is 3.64. The van der Waals surface area contributed by atoms with Crippen LogP contribution < -0.4 is 5.73 Å². The zero-order valence-corrected chi connectivity index (χ0v) is 12.0. The van der Waals surface area contributed by atoms with Gasteiger partial charge in [0.15, 0.2) is 0 Å². The van der Waals surface area contributed by atoms with Gasteiger partial charge in [-0.1, -0.05) is 30.3 Å². The number of likely N-dealkylation sites (tertiary alicyclic amines) is 1. The molecule has 6 heteroatoms. The van der Waals surface area contributed by atoms with Gasteiger partial charge in [0.05, 0.1) is 19.0 Å². The molecule has 21 heavy (non-hydrogen) atoms. The molecule has 1 aliphatic rings. The van der Waals surface area contributed by atoms with Gasteiger partial charge in [-0.05, 0) is 12.5 Å². The molecule has 1 unspecified atom stereocenters. The van der Waals surface area contributed by atoms with Crippen LogP contribution in [-0.2, 0) is 14.3 Å². The third kappa shape index (κ3) is 3.59. The van der Waals surface area contributed by atoms with E-state index in [2.05, 4.69) is 0 Å². The van der Waals surface area contributed by atoms with Crippen molar-refractivity contribution in [2.75, 3.05) is 26.2 Å². The highest BCUT2D eigenvalue weighted by Gasteiger charge is 2.44. The number of hydrogen-bond donors (Lipinski definition) is 2. The molecular formula is C15H20N2O4. The summed E-state index contributed by atoms with van der Waals surface area (Å²) in [7, 11) is 0. The Bertz CT molecular complexity index is 512. The van der Waals surface area contributed by atoms with E-state index >= 15 is 0 Å². The van der Waals surface area contributed by atoms with Crippen molar-refractivity contribution < 1.29 is 19.4 Å². The van der Waals surface area contributed by atoms with E-state index in [-0.39, 0.29) is 25.0 Å². The molecule has 0 radical (unpaired) electrons. The summed E-state index contributed by atoms with van der Waals surface area (Å²) in [5.41, 5.74) is 6.05. The van der Waals surface area contributed by atoms with Crippen molar-refractivity contribution in [2.24, 2.45) is 5.73 Å². The van der Waals surface area contributed by atoms with E-state index in [4.69, 9.17) is 15.6 Å². The molecule has 6 nitrogen and oxygen atoms in total. The number of ether oxygens (including phenoxy) is 1. The van der Waals surface area contributed by atoms with Gasteiger partial charge in [-0.15, -0.1) is 0 Å². The maximum absolute atomic E-state index is 12.5. The number of benzene rings is 1. The van der Waals surface area contributed by atoms with Gasteiger partial charge in [0, 0.05) is 6.54 Å². The first kappa shape index (κ1) is 15.5. The molecule has 0 spiro atoms. The SMILES string of the molecule is CC1(OCC(=O)O)CN(C(=O)C(CN)c2ccccc2)C1. The van der Waals surface area contributed by atoms with Gasteiger partial charge in [-0.2, -0.15) is 0 Å². The van der Waals surface area contributed by atoms with Gasteiger partial charge in [-0.3, -0.25) is 4.79 Å². The summed E-state index contributed by atoms with van der Waals surface area (Å²) < 4.78 is 5.30. The average molecular weight is 292 g/mol. The predicted molar refractivity (Wildman–Crippen MR) is 76.8 cm³/mol. The van der Waals surface area contributed by atoms with Crippen LogP contribution in [0.25, 0.3) is 0 Å². The second-order valence-electron chi connectivity index (χ2n) is 5.53. The zero-order chi connectivity index (χ0) is 15.5. The molecule has 1 aromatic carbocycles. The highest BCUT2D eigenvalue weighted by atomic mass is 16.5. The number of nitrogens with zero attached hydrogens (tertiary/aromatic N) is 1. The quantitative estimate of drug-likeness (QED) is 0.793. The van der Waals surface area contributed by atoms with Crippen LogP contribution in [0.1, 0.15) is 18.4 Å². The minimum absolute atomic E-state index is 0.0416. The molecular weight excluding hydrogens is 272 g/mol. The summed E-state index contributed by atoms with van der Waals surface area (Å²) >= 11 is 0. The molecule has 0 bridgehead atoms. The van der Waals surface area contributed by atoms with Crippen LogP contribution in [0.3, 0.4) is 0 Å². The van der Waals surface area contributed by atoms with Gasteiger partial charge < -0.3 is 20.5 Å². The molecule has 1 saturated heterocycles. The number of aliphatic carboxylic acids is 1. The van der Waals surface area contributed by atoms with Crippen LogP contribution in [0.4, 0.5) is 0 Å². The third-order valence-corrected chi connectivity index (χ3v) is 3.64. The second-order valence-corrected chi connectivity index (χ2v) is 5.53. The number of carbonyl (C=O) groups is 2. The van der Waals surface area contributed by atoms with E-state index in [0.717, 1.165) is 5.56 Å². The Morgan fingerprint density at radius 3 is 2.52 bits per heavy atom. The molecule has 1 amide bonds. The summed E-state index contributed by atoms with van der Waals surface area (Å²) in [6, 6.07) is 9.41. The van der Waals surface area contributed by atoms with E-state index in [0.29, 0.717) is 13.1 Å². The first-order valence-electron chi connectivity index (χ1n) is 6.85. The monoisotopic (exact) mass is 292 g/mol. The predicted octanol–water partition coefficient (Wildman–Crippen LogP) is 0.431. The van der Waals surface area contributed by atoms with Gasteiger partial charge in [0.25, 0.3) is 0 Å². The Morgan fingerprint density at radius 1 is 1.38 bits per heavy atom. The highest BCUT2D eigenvalue weighted by Crippen LogP contribution is 2.28. The Hall–Kier alpha value is -1.92. The molecule has 114 valence electrons. The first-order valence-corrected chi connectivity index (χ1v) is 6.85. The standard InChI is InChI=1S/C15H20N2O4/c1-15(21-8-13(18)19)9-17(10-15)14(20)12(7-16)11-5-3-2-4-6-11/h2-6,12H,7-10,16H2,1H3,(H,18,19). The minimum Gasteiger partial charge on any atom is -0.480 e. The fourth-order valence-corrected chi connectivity index (χ4v) is 2.53. The largest absolute Gasteiger partial charge is 0.480 e. The van der Waals surface area contributed by atoms with E-state index in [1.165, 1.54) is 0 Å². The Morgan fingerprint density at radius 2 is 2.00 bits per heavy atom. The van der Waals surface area contributed by atoms with Crippen LogP contribution in [-0.4, -0.2) is 53.7 Å². The summed E-state index contributed by atoms with van der Waals surface area (Å²) in [4.78, 5) is 24.6. The number of carbonyl (C=O) groups excluding carboxylic acids is 1. The number of nitrogens with two attached hydrogens (primary N) is 1. The molecule has 1 atom stereocenters. The lowest BCUT2D eigenvalue weighted by molar-refractivity contribution is -0.174. The summed E-state index contributed by atoms with van der Waals surface area (Å²) in [5, 5.41) is 8.62. The van der Waals surface area contributed by atoms with Crippen LogP contribution in [0.15, 0.2) is 30.3 Å². The molecule has 3 N–H and O–H groups in total. The lowest BCUT2D eigenvalue weighted by atomic mass is 9.91.